The first-order valence-electron chi connectivity index (χ1n) is 4.95. The SMILES string of the molecule is CCC(=O)c1cc(-c2ccccc2)n[nH]1. The van der Waals surface area contributed by atoms with E-state index in [-0.39, 0.29) is 5.78 Å². The molecule has 15 heavy (non-hydrogen) atoms. The van der Waals surface area contributed by atoms with Gasteiger partial charge in [-0.15, -0.1) is 0 Å². The van der Waals surface area contributed by atoms with Gasteiger partial charge in [0.15, 0.2) is 5.78 Å². The van der Waals surface area contributed by atoms with Crippen LogP contribution < -0.4 is 0 Å². The van der Waals surface area contributed by atoms with Gasteiger partial charge in [-0.25, -0.2) is 0 Å². The van der Waals surface area contributed by atoms with E-state index >= 15 is 0 Å². The first kappa shape index (κ1) is 9.65. The van der Waals surface area contributed by atoms with Crippen LogP contribution in [0.2, 0.25) is 0 Å². The highest BCUT2D eigenvalue weighted by Crippen LogP contribution is 2.17. The van der Waals surface area contributed by atoms with Crippen LogP contribution in [-0.2, 0) is 0 Å². The lowest BCUT2D eigenvalue weighted by Crippen LogP contribution is -1.95. The first-order chi connectivity index (χ1) is 7.31. The summed E-state index contributed by atoms with van der Waals surface area (Å²) in [4.78, 5) is 11.4. The summed E-state index contributed by atoms with van der Waals surface area (Å²) in [6.07, 6.45) is 0.496. The summed E-state index contributed by atoms with van der Waals surface area (Å²) in [6, 6.07) is 11.6. The number of nitrogens with zero attached hydrogens (tertiary/aromatic N) is 1. The minimum Gasteiger partial charge on any atom is -0.292 e. The molecule has 0 amide bonds. The molecule has 76 valence electrons. The maximum absolute atomic E-state index is 11.4. The number of rotatable bonds is 3. The molecule has 0 aliphatic rings. The van der Waals surface area contributed by atoms with Crippen molar-refractivity contribution in [1.29, 1.82) is 0 Å². The molecule has 2 aromatic rings. The van der Waals surface area contributed by atoms with Crippen molar-refractivity contribution in [1.82, 2.24) is 10.2 Å². The van der Waals surface area contributed by atoms with Crippen LogP contribution >= 0.6 is 0 Å². The standard InChI is InChI=1S/C12H12N2O/c1-2-12(15)11-8-10(13-14-11)9-6-4-3-5-7-9/h3-8H,2H2,1H3,(H,13,14). The van der Waals surface area contributed by atoms with Crippen LogP contribution in [0.4, 0.5) is 0 Å². The number of carbonyl (C=O) groups is 1. The third kappa shape index (κ3) is 1.96. The van der Waals surface area contributed by atoms with Gasteiger partial charge in [-0.05, 0) is 6.07 Å². The predicted octanol–water partition coefficient (Wildman–Crippen LogP) is 2.67. The van der Waals surface area contributed by atoms with Gasteiger partial charge >= 0.3 is 0 Å². The quantitative estimate of drug-likeness (QED) is 0.774. The van der Waals surface area contributed by atoms with Crippen LogP contribution in [0, 0.1) is 0 Å². The largest absolute Gasteiger partial charge is 0.292 e. The van der Waals surface area contributed by atoms with Gasteiger partial charge in [-0.2, -0.15) is 5.10 Å². The van der Waals surface area contributed by atoms with Gasteiger partial charge in [0.25, 0.3) is 0 Å². The molecule has 3 nitrogen and oxygen atoms in total. The number of benzene rings is 1. The molecular formula is C12H12N2O. The second-order valence-corrected chi connectivity index (χ2v) is 3.31. The van der Waals surface area contributed by atoms with E-state index < -0.39 is 0 Å². The van der Waals surface area contributed by atoms with Gasteiger partial charge in [0.2, 0.25) is 0 Å². The van der Waals surface area contributed by atoms with Crippen LogP contribution in [0.5, 0.6) is 0 Å². The molecule has 1 aromatic carbocycles. The number of Topliss-reactive ketones (excluding diaryl/α,β-unsaturated/α-hetero) is 1. The fourth-order valence-corrected chi connectivity index (χ4v) is 1.41. The summed E-state index contributed by atoms with van der Waals surface area (Å²) in [7, 11) is 0. The Balaban J connectivity index is 2.32. The third-order valence-electron chi connectivity index (χ3n) is 2.27. The Morgan fingerprint density at radius 1 is 1.33 bits per heavy atom. The minimum atomic E-state index is 0.0877. The normalized spacial score (nSPS) is 10.2. The number of nitrogens with one attached hydrogen (secondary N) is 1. The smallest absolute Gasteiger partial charge is 0.180 e. The van der Waals surface area contributed by atoms with Crippen molar-refractivity contribution in [3.8, 4) is 11.3 Å². The Hall–Kier alpha value is -1.90. The molecule has 1 aromatic heterocycles. The number of hydrogen-bond donors (Lipinski definition) is 1. The molecule has 0 aliphatic heterocycles. The second-order valence-electron chi connectivity index (χ2n) is 3.31. The van der Waals surface area contributed by atoms with Crippen LogP contribution in [0.15, 0.2) is 36.4 Å². The lowest BCUT2D eigenvalue weighted by atomic mass is 10.1. The highest BCUT2D eigenvalue weighted by Gasteiger charge is 2.08. The summed E-state index contributed by atoms with van der Waals surface area (Å²) in [5.41, 5.74) is 2.41. The van der Waals surface area contributed by atoms with Gasteiger partial charge in [-0.3, -0.25) is 9.89 Å². The highest BCUT2D eigenvalue weighted by atomic mass is 16.1. The van der Waals surface area contributed by atoms with Gasteiger partial charge in [0, 0.05) is 12.0 Å². The van der Waals surface area contributed by atoms with Crippen molar-refractivity contribution < 1.29 is 4.79 Å². The van der Waals surface area contributed by atoms with Gasteiger partial charge in [-0.1, -0.05) is 37.3 Å². The van der Waals surface area contributed by atoms with E-state index in [1.165, 1.54) is 0 Å². The zero-order valence-electron chi connectivity index (χ0n) is 8.53. The van der Waals surface area contributed by atoms with E-state index in [0.717, 1.165) is 11.3 Å². The molecular weight excluding hydrogens is 188 g/mol. The van der Waals surface area contributed by atoms with Crippen LogP contribution in [0.1, 0.15) is 23.8 Å². The maximum atomic E-state index is 11.4. The number of ketones is 1. The molecule has 0 fully saturated rings. The van der Waals surface area contributed by atoms with Crippen molar-refractivity contribution in [2.45, 2.75) is 13.3 Å². The fourth-order valence-electron chi connectivity index (χ4n) is 1.41. The average Bonchev–Trinajstić information content (AvgIpc) is 2.78. The van der Waals surface area contributed by atoms with Gasteiger partial charge in [0.1, 0.15) is 5.69 Å². The molecule has 0 bridgehead atoms. The molecule has 0 unspecified atom stereocenters. The Morgan fingerprint density at radius 3 is 2.73 bits per heavy atom. The summed E-state index contributed by atoms with van der Waals surface area (Å²) in [6.45, 7) is 1.84. The van der Waals surface area contributed by atoms with E-state index in [2.05, 4.69) is 10.2 Å². The van der Waals surface area contributed by atoms with Crippen molar-refractivity contribution >= 4 is 5.78 Å². The Kier molecular flexibility index (Phi) is 2.63. The van der Waals surface area contributed by atoms with Gasteiger partial charge in [0.05, 0.1) is 5.69 Å². The molecule has 3 heteroatoms. The summed E-state index contributed by atoms with van der Waals surface area (Å²) in [5, 5.41) is 6.87. The van der Waals surface area contributed by atoms with Crippen molar-refractivity contribution in [3.63, 3.8) is 0 Å². The van der Waals surface area contributed by atoms with E-state index in [4.69, 9.17) is 0 Å². The number of aromatic amines is 1. The topological polar surface area (TPSA) is 45.8 Å². The Labute approximate surface area is 88.1 Å². The Bertz CT molecular complexity index is 459. The average molecular weight is 200 g/mol. The maximum Gasteiger partial charge on any atom is 0.180 e. The lowest BCUT2D eigenvalue weighted by Gasteiger charge is -1.92. The Morgan fingerprint density at radius 2 is 2.07 bits per heavy atom. The number of carbonyl (C=O) groups excluding carboxylic acids is 1. The number of H-pyrrole nitrogens is 1. The second kappa shape index (κ2) is 4.09. The van der Waals surface area contributed by atoms with Crippen molar-refractivity contribution in [2.75, 3.05) is 0 Å². The molecule has 0 atom stereocenters. The molecule has 0 radical (unpaired) electrons. The van der Waals surface area contributed by atoms with Crippen LogP contribution in [0.25, 0.3) is 11.3 Å². The van der Waals surface area contributed by atoms with E-state index in [9.17, 15) is 4.79 Å². The zero-order chi connectivity index (χ0) is 10.7. The molecule has 1 heterocycles. The monoisotopic (exact) mass is 200 g/mol. The number of hydrogen-bond acceptors (Lipinski definition) is 2. The first-order valence-corrected chi connectivity index (χ1v) is 4.95. The summed E-state index contributed by atoms with van der Waals surface area (Å²) in [5.74, 6) is 0.0877. The third-order valence-corrected chi connectivity index (χ3v) is 2.27. The van der Waals surface area contributed by atoms with Crippen LogP contribution in [0.3, 0.4) is 0 Å². The van der Waals surface area contributed by atoms with Crippen molar-refractivity contribution in [3.05, 3.63) is 42.1 Å². The van der Waals surface area contributed by atoms with Gasteiger partial charge < -0.3 is 0 Å². The van der Waals surface area contributed by atoms with E-state index in [1.807, 2.05) is 37.3 Å². The molecule has 2 rings (SSSR count). The zero-order valence-corrected chi connectivity index (χ0v) is 8.53. The minimum absolute atomic E-state index is 0.0877. The van der Waals surface area contributed by atoms with Crippen LogP contribution in [-0.4, -0.2) is 16.0 Å². The highest BCUT2D eigenvalue weighted by molar-refractivity contribution is 5.94. The van der Waals surface area contributed by atoms with E-state index in [0.29, 0.717) is 12.1 Å². The molecule has 0 saturated carbocycles. The predicted molar refractivity (Wildman–Crippen MR) is 58.6 cm³/mol. The molecule has 1 N–H and O–H groups in total. The molecule has 0 saturated heterocycles. The summed E-state index contributed by atoms with van der Waals surface area (Å²) >= 11 is 0. The summed E-state index contributed by atoms with van der Waals surface area (Å²) < 4.78 is 0. The molecule has 0 spiro atoms. The molecule has 0 aliphatic carbocycles. The fraction of sp³-hybridized carbons (Fsp3) is 0.167. The lowest BCUT2D eigenvalue weighted by molar-refractivity contribution is 0.0983. The van der Waals surface area contributed by atoms with Crippen molar-refractivity contribution in [2.24, 2.45) is 0 Å². The number of aromatic nitrogens is 2. The van der Waals surface area contributed by atoms with E-state index in [1.54, 1.807) is 6.07 Å².